The number of halogens is 1. The molecule has 0 bridgehead atoms. The van der Waals surface area contributed by atoms with Crippen molar-refractivity contribution in [3.8, 4) is 11.8 Å². The molecule has 3 heterocycles. The van der Waals surface area contributed by atoms with Gasteiger partial charge in [0, 0.05) is 7.05 Å². The van der Waals surface area contributed by atoms with E-state index >= 15 is 0 Å². The standard InChI is InChI=1S/C13H9FN4/c1-17-9-15-7-10(17)5-6-11-8-16-13-4-2-3-12(14)18(11)13/h2-4,7-9H,1H3. The van der Waals surface area contributed by atoms with Gasteiger partial charge in [0.25, 0.3) is 0 Å². The lowest BCUT2D eigenvalue weighted by Gasteiger charge is -1.96. The van der Waals surface area contributed by atoms with Crippen LogP contribution in [-0.4, -0.2) is 18.9 Å². The Kier molecular flexibility index (Phi) is 2.34. The van der Waals surface area contributed by atoms with Crippen LogP contribution >= 0.6 is 0 Å². The van der Waals surface area contributed by atoms with Crippen LogP contribution in [0, 0.1) is 17.8 Å². The first kappa shape index (κ1) is 10.5. The van der Waals surface area contributed by atoms with Crippen LogP contribution in [0.4, 0.5) is 4.39 Å². The maximum atomic E-state index is 13.7. The van der Waals surface area contributed by atoms with Crippen LogP contribution in [-0.2, 0) is 7.05 Å². The van der Waals surface area contributed by atoms with Crippen LogP contribution in [0.15, 0.2) is 36.9 Å². The van der Waals surface area contributed by atoms with Crippen molar-refractivity contribution in [2.24, 2.45) is 7.05 Å². The van der Waals surface area contributed by atoms with Crippen LogP contribution in [0.1, 0.15) is 11.4 Å². The Morgan fingerprint density at radius 1 is 1.17 bits per heavy atom. The molecule has 88 valence electrons. The number of nitrogens with zero attached hydrogens (tertiary/aromatic N) is 4. The largest absolute Gasteiger partial charge is 0.327 e. The van der Waals surface area contributed by atoms with Crippen molar-refractivity contribution in [1.29, 1.82) is 0 Å². The fourth-order valence-corrected chi connectivity index (χ4v) is 1.69. The van der Waals surface area contributed by atoms with Gasteiger partial charge in [-0.1, -0.05) is 6.07 Å². The monoisotopic (exact) mass is 240 g/mol. The van der Waals surface area contributed by atoms with Gasteiger partial charge >= 0.3 is 0 Å². The summed E-state index contributed by atoms with van der Waals surface area (Å²) in [7, 11) is 1.85. The van der Waals surface area contributed by atoms with E-state index in [-0.39, 0.29) is 5.95 Å². The SMILES string of the molecule is Cn1cncc1C#Cc1cnc2cccc(F)n12. The lowest BCUT2D eigenvalue weighted by atomic mass is 10.4. The predicted octanol–water partition coefficient (Wildman–Crippen LogP) is 1.61. The van der Waals surface area contributed by atoms with Gasteiger partial charge in [-0.25, -0.2) is 9.97 Å². The third-order valence-electron chi connectivity index (χ3n) is 2.62. The van der Waals surface area contributed by atoms with Gasteiger partial charge in [0.05, 0.1) is 18.7 Å². The van der Waals surface area contributed by atoms with Gasteiger partial charge in [-0.2, -0.15) is 4.39 Å². The van der Waals surface area contributed by atoms with Crippen molar-refractivity contribution in [2.45, 2.75) is 0 Å². The summed E-state index contributed by atoms with van der Waals surface area (Å²) in [5, 5.41) is 0. The highest BCUT2D eigenvalue weighted by molar-refractivity contribution is 5.46. The number of pyridine rings is 1. The van der Waals surface area contributed by atoms with Gasteiger partial charge in [-0.15, -0.1) is 0 Å². The second kappa shape index (κ2) is 4.00. The molecule has 0 aliphatic carbocycles. The Labute approximate surface area is 103 Å². The fourth-order valence-electron chi connectivity index (χ4n) is 1.69. The van der Waals surface area contributed by atoms with E-state index < -0.39 is 0 Å². The van der Waals surface area contributed by atoms with Crippen LogP contribution < -0.4 is 0 Å². The molecule has 3 rings (SSSR count). The number of rotatable bonds is 0. The lowest BCUT2D eigenvalue weighted by Crippen LogP contribution is -1.94. The molecular weight excluding hydrogens is 231 g/mol. The molecule has 5 heteroatoms. The maximum Gasteiger partial charge on any atom is 0.200 e. The highest BCUT2D eigenvalue weighted by Gasteiger charge is 2.04. The molecule has 0 spiro atoms. The number of hydrogen-bond donors (Lipinski definition) is 0. The summed E-state index contributed by atoms with van der Waals surface area (Å²) >= 11 is 0. The molecule has 0 unspecified atom stereocenters. The first-order valence-electron chi connectivity index (χ1n) is 5.36. The highest BCUT2D eigenvalue weighted by Crippen LogP contribution is 2.08. The van der Waals surface area contributed by atoms with Crippen molar-refractivity contribution < 1.29 is 4.39 Å². The second-order valence-corrected chi connectivity index (χ2v) is 3.83. The summed E-state index contributed by atoms with van der Waals surface area (Å²) in [6, 6.07) is 4.73. The summed E-state index contributed by atoms with van der Waals surface area (Å²) in [6.07, 6.45) is 4.88. The lowest BCUT2D eigenvalue weighted by molar-refractivity contribution is 0.566. The number of aromatic nitrogens is 4. The maximum absolute atomic E-state index is 13.7. The molecule has 0 saturated heterocycles. The second-order valence-electron chi connectivity index (χ2n) is 3.83. The molecule has 0 aliphatic rings. The molecule has 3 aromatic rings. The van der Waals surface area contributed by atoms with Crippen LogP contribution in [0.25, 0.3) is 5.65 Å². The zero-order valence-corrected chi connectivity index (χ0v) is 9.63. The van der Waals surface area contributed by atoms with Gasteiger partial charge in [-0.05, 0) is 24.0 Å². The molecule has 0 saturated carbocycles. The predicted molar refractivity (Wildman–Crippen MR) is 64.3 cm³/mol. The van der Waals surface area contributed by atoms with Crippen LogP contribution in [0.3, 0.4) is 0 Å². The summed E-state index contributed by atoms with van der Waals surface area (Å²) in [5.74, 6) is 5.46. The quantitative estimate of drug-likeness (QED) is 0.442. The van der Waals surface area contributed by atoms with Crippen LogP contribution in [0.2, 0.25) is 0 Å². The molecule has 0 aromatic carbocycles. The Bertz CT molecular complexity index is 773. The highest BCUT2D eigenvalue weighted by atomic mass is 19.1. The van der Waals surface area contributed by atoms with E-state index in [1.165, 1.54) is 10.5 Å². The van der Waals surface area contributed by atoms with E-state index in [1.807, 2.05) is 7.05 Å². The van der Waals surface area contributed by atoms with Crippen molar-refractivity contribution >= 4 is 5.65 Å². The average molecular weight is 240 g/mol. The van der Waals surface area contributed by atoms with Crippen molar-refractivity contribution in [3.05, 3.63) is 54.3 Å². The van der Waals surface area contributed by atoms with E-state index in [1.54, 1.807) is 35.4 Å². The van der Waals surface area contributed by atoms with Crippen LogP contribution in [0.5, 0.6) is 0 Å². The third-order valence-corrected chi connectivity index (χ3v) is 2.62. The van der Waals surface area contributed by atoms with E-state index in [2.05, 4.69) is 21.8 Å². The Morgan fingerprint density at radius 2 is 2.00 bits per heavy atom. The van der Waals surface area contributed by atoms with Crippen molar-refractivity contribution in [1.82, 2.24) is 18.9 Å². The van der Waals surface area contributed by atoms with E-state index in [0.29, 0.717) is 11.3 Å². The van der Waals surface area contributed by atoms with Gasteiger partial charge in [0.15, 0.2) is 5.95 Å². The zero-order valence-electron chi connectivity index (χ0n) is 9.63. The van der Waals surface area contributed by atoms with E-state index in [4.69, 9.17) is 0 Å². The summed E-state index contributed by atoms with van der Waals surface area (Å²) in [6.45, 7) is 0. The molecule has 18 heavy (non-hydrogen) atoms. The molecule has 0 N–H and O–H groups in total. The van der Waals surface area contributed by atoms with Gasteiger partial charge in [0.2, 0.25) is 0 Å². The number of imidazole rings is 2. The normalized spacial score (nSPS) is 10.3. The van der Waals surface area contributed by atoms with Gasteiger partial charge in [-0.3, -0.25) is 4.40 Å². The van der Waals surface area contributed by atoms with Crippen molar-refractivity contribution in [2.75, 3.05) is 0 Å². The summed E-state index contributed by atoms with van der Waals surface area (Å²) in [5.41, 5.74) is 1.83. The first-order chi connectivity index (χ1) is 8.75. The molecule has 0 fully saturated rings. The van der Waals surface area contributed by atoms with Gasteiger partial charge in [0.1, 0.15) is 17.0 Å². The topological polar surface area (TPSA) is 35.1 Å². The van der Waals surface area contributed by atoms with E-state index in [0.717, 1.165) is 5.69 Å². The number of aryl methyl sites for hydroxylation is 1. The smallest absolute Gasteiger partial charge is 0.200 e. The molecule has 4 nitrogen and oxygen atoms in total. The molecule has 0 amide bonds. The first-order valence-corrected chi connectivity index (χ1v) is 5.36. The molecular formula is C13H9FN4. The number of fused-ring (bicyclic) bond motifs is 1. The molecule has 0 aliphatic heterocycles. The minimum atomic E-state index is -0.376. The molecule has 0 radical (unpaired) electrons. The minimum absolute atomic E-state index is 0.376. The summed E-state index contributed by atoms with van der Waals surface area (Å²) < 4.78 is 16.8. The fraction of sp³-hybridized carbons (Fsp3) is 0.0769. The third kappa shape index (κ3) is 1.64. The molecule has 3 aromatic heterocycles. The number of hydrogen-bond acceptors (Lipinski definition) is 2. The van der Waals surface area contributed by atoms with Gasteiger partial charge < -0.3 is 4.57 Å². The molecule has 0 atom stereocenters. The van der Waals surface area contributed by atoms with Crippen molar-refractivity contribution in [3.63, 3.8) is 0 Å². The minimum Gasteiger partial charge on any atom is -0.327 e. The van der Waals surface area contributed by atoms with E-state index in [9.17, 15) is 4.39 Å². The Balaban J connectivity index is 2.12. The zero-order chi connectivity index (χ0) is 12.5. The Morgan fingerprint density at radius 3 is 2.78 bits per heavy atom. The Hall–Kier alpha value is -2.61. The average Bonchev–Trinajstić information content (AvgIpc) is 2.94. The summed E-state index contributed by atoms with van der Waals surface area (Å²) in [4.78, 5) is 8.07.